The standard InChI is InChI=1S/C20H23N3O2/c1-14-7-3-4-8-16(14)11-15(2)21-20(25)12-23-18-10-6-5-9-17(18)22-19(23)13-24/h3-10,15,24H,11-13H2,1-2H3,(H,21,25). The van der Waals surface area contributed by atoms with Gasteiger partial charge in [-0.15, -0.1) is 0 Å². The van der Waals surface area contributed by atoms with Gasteiger partial charge in [-0.2, -0.15) is 0 Å². The lowest BCUT2D eigenvalue weighted by Gasteiger charge is -2.16. The monoisotopic (exact) mass is 337 g/mol. The first-order chi connectivity index (χ1) is 12.1. The molecule has 0 aliphatic carbocycles. The molecule has 0 aliphatic rings. The normalized spacial score (nSPS) is 12.3. The number of aryl methyl sites for hydroxylation is 1. The van der Waals surface area contributed by atoms with Crippen molar-refractivity contribution in [1.29, 1.82) is 0 Å². The summed E-state index contributed by atoms with van der Waals surface area (Å²) in [5.74, 6) is 0.418. The smallest absolute Gasteiger partial charge is 0.240 e. The molecule has 5 nitrogen and oxygen atoms in total. The summed E-state index contributed by atoms with van der Waals surface area (Å²) in [7, 11) is 0. The Labute approximate surface area is 147 Å². The third-order valence-corrected chi connectivity index (χ3v) is 4.37. The van der Waals surface area contributed by atoms with Crippen LogP contribution in [0.25, 0.3) is 11.0 Å². The molecule has 3 rings (SSSR count). The van der Waals surface area contributed by atoms with Crippen LogP contribution in [0.15, 0.2) is 48.5 Å². The van der Waals surface area contributed by atoms with Crippen LogP contribution in [0.3, 0.4) is 0 Å². The molecule has 0 saturated heterocycles. The zero-order chi connectivity index (χ0) is 17.8. The zero-order valence-electron chi connectivity index (χ0n) is 14.6. The molecule has 1 heterocycles. The lowest BCUT2D eigenvalue weighted by molar-refractivity contribution is -0.122. The Morgan fingerprint density at radius 1 is 1.20 bits per heavy atom. The highest BCUT2D eigenvalue weighted by Gasteiger charge is 2.15. The highest BCUT2D eigenvalue weighted by Crippen LogP contribution is 2.16. The summed E-state index contributed by atoms with van der Waals surface area (Å²) in [6.45, 7) is 4.04. The van der Waals surface area contributed by atoms with E-state index in [1.165, 1.54) is 11.1 Å². The Kier molecular flexibility index (Phi) is 5.14. The summed E-state index contributed by atoms with van der Waals surface area (Å²) >= 11 is 0. The van der Waals surface area contributed by atoms with Crippen LogP contribution in [0.5, 0.6) is 0 Å². The summed E-state index contributed by atoms with van der Waals surface area (Å²) in [6, 6.07) is 15.8. The maximum absolute atomic E-state index is 12.5. The van der Waals surface area contributed by atoms with Gasteiger partial charge in [0.05, 0.1) is 11.0 Å². The molecule has 5 heteroatoms. The number of benzene rings is 2. The number of hydrogen-bond acceptors (Lipinski definition) is 3. The number of nitrogens with one attached hydrogen (secondary N) is 1. The summed E-state index contributed by atoms with van der Waals surface area (Å²) in [5.41, 5.74) is 4.10. The van der Waals surface area contributed by atoms with E-state index in [9.17, 15) is 9.90 Å². The number of aliphatic hydroxyl groups excluding tert-OH is 1. The highest BCUT2D eigenvalue weighted by atomic mass is 16.3. The molecule has 2 N–H and O–H groups in total. The fourth-order valence-electron chi connectivity index (χ4n) is 3.11. The van der Waals surface area contributed by atoms with Crippen molar-refractivity contribution in [3.05, 3.63) is 65.5 Å². The summed E-state index contributed by atoms with van der Waals surface area (Å²) < 4.78 is 1.77. The fraction of sp³-hybridized carbons (Fsp3) is 0.300. The second-order valence-electron chi connectivity index (χ2n) is 6.36. The van der Waals surface area contributed by atoms with Gasteiger partial charge in [0, 0.05) is 6.04 Å². The van der Waals surface area contributed by atoms with E-state index in [1.54, 1.807) is 4.57 Å². The van der Waals surface area contributed by atoms with Crippen molar-refractivity contribution < 1.29 is 9.90 Å². The predicted molar refractivity (Wildman–Crippen MR) is 98.1 cm³/mol. The molecule has 0 saturated carbocycles. The Morgan fingerprint density at radius 2 is 1.92 bits per heavy atom. The van der Waals surface area contributed by atoms with E-state index in [1.807, 2.05) is 43.3 Å². The van der Waals surface area contributed by atoms with Crippen molar-refractivity contribution in [2.24, 2.45) is 0 Å². The molecule has 1 atom stereocenters. The van der Waals surface area contributed by atoms with Gasteiger partial charge in [0.15, 0.2) is 0 Å². The Bertz CT molecular complexity index is 886. The van der Waals surface area contributed by atoms with E-state index < -0.39 is 0 Å². The van der Waals surface area contributed by atoms with Crippen LogP contribution in [-0.2, 0) is 24.4 Å². The average molecular weight is 337 g/mol. The second kappa shape index (κ2) is 7.49. The molecular formula is C20H23N3O2. The van der Waals surface area contributed by atoms with Crippen LogP contribution >= 0.6 is 0 Å². The third-order valence-electron chi connectivity index (χ3n) is 4.37. The number of carbonyl (C=O) groups excluding carboxylic acids is 1. The van der Waals surface area contributed by atoms with Crippen LogP contribution in [0.1, 0.15) is 23.9 Å². The predicted octanol–water partition coefficient (Wildman–Crippen LogP) is 2.58. The summed E-state index contributed by atoms with van der Waals surface area (Å²) in [6.07, 6.45) is 0.788. The van der Waals surface area contributed by atoms with Crippen LogP contribution in [-0.4, -0.2) is 26.6 Å². The van der Waals surface area contributed by atoms with Gasteiger partial charge >= 0.3 is 0 Å². The minimum Gasteiger partial charge on any atom is -0.388 e. The van der Waals surface area contributed by atoms with Crippen LogP contribution < -0.4 is 5.32 Å². The number of amides is 1. The molecule has 1 aromatic heterocycles. The number of para-hydroxylation sites is 2. The number of aliphatic hydroxyl groups is 1. The number of rotatable bonds is 6. The zero-order valence-corrected chi connectivity index (χ0v) is 14.6. The van der Waals surface area contributed by atoms with Crippen molar-refractivity contribution in [2.45, 2.75) is 39.5 Å². The minimum atomic E-state index is -0.194. The number of imidazole rings is 1. The van der Waals surface area contributed by atoms with Gasteiger partial charge in [-0.25, -0.2) is 4.98 Å². The fourth-order valence-corrected chi connectivity index (χ4v) is 3.11. The molecule has 0 bridgehead atoms. The number of hydrogen-bond donors (Lipinski definition) is 2. The van der Waals surface area contributed by atoms with Crippen LogP contribution in [0.2, 0.25) is 0 Å². The largest absolute Gasteiger partial charge is 0.388 e. The van der Waals surface area contributed by atoms with Crippen molar-refractivity contribution in [3.8, 4) is 0 Å². The van der Waals surface area contributed by atoms with Gasteiger partial charge in [-0.05, 0) is 43.5 Å². The van der Waals surface area contributed by atoms with Crippen LogP contribution in [0, 0.1) is 6.92 Å². The molecule has 0 aliphatic heterocycles. The summed E-state index contributed by atoms with van der Waals surface area (Å²) in [5, 5.41) is 12.6. The Balaban J connectivity index is 1.69. The van der Waals surface area contributed by atoms with Crippen molar-refractivity contribution >= 4 is 16.9 Å². The lowest BCUT2D eigenvalue weighted by atomic mass is 10.0. The molecular weight excluding hydrogens is 314 g/mol. The van der Waals surface area contributed by atoms with Gasteiger partial charge < -0.3 is 15.0 Å². The van der Waals surface area contributed by atoms with Gasteiger partial charge in [-0.3, -0.25) is 4.79 Å². The molecule has 130 valence electrons. The number of carbonyl (C=O) groups is 1. The quantitative estimate of drug-likeness (QED) is 0.726. The lowest BCUT2D eigenvalue weighted by Crippen LogP contribution is -2.36. The second-order valence-corrected chi connectivity index (χ2v) is 6.36. The summed E-state index contributed by atoms with van der Waals surface area (Å²) in [4.78, 5) is 16.8. The van der Waals surface area contributed by atoms with Crippen molar-refractivity contribution in [3.63, 3.8) is 0 Å². The first kappa shape index (κ1) is 17.2. The van der Waals surface area contributed by atoms with E-state index in [-0.39, 0.29) is 25.1 Å². The molecule has 1 amide bonds. The third kappa shape index (κ3) is 3.88. The minimum absolute atomic E-state index is 0.0287. The van der Waals surface area contributed by atoms with E-state index in [0.29, 0.717) is 5.82 Å². The molecule has 0 radical (unpaired) electrons. The average Bonchev–Trinajstić information content (AvgIpc) is 2.94. The maximum atomic E-state index is 12.5. The van der Waals surface area contributed by atoms with E-state index in [4.69, 9.17) is 0 Å². The van der Waals surface area contributed by atoms with Gasteiger partial charge in [0.25, 0.3) is 0 Å². The first-order valence-corrected chi connectivity index (χ1v) is 8.47. The highest BCUT2D eigenvalue weighted by molar-refractivity contribution is 5.81. The Morgan fingerprint density at radius 3 is 2.68 bits per heavy atom. The molecule has 2 aromatic carbocycles. The van der Waals surface area contributed by atoms with Crippen molar-refractivity contribution in [2.75, 3.05) is 0 Å². The SMILES string of the molecule is Cc1ccccc1CC(C)NC(=O)Cn1c(CO)nc2ccccc21. The molecule has 1 unspecified atom stereocenters. The van der Waals surface area contributed by atoms with Gasteiger partial charge in [0.2, 0.25) is 5.91 Å². The van der Waals surface area contributed by atoms with E-state index in [2.05, 4.69) is 29.4 Å². The molecule has 25 heavy (non-hydrogen) atoms. The number of aromatic nitrogens is 2. The topological polar surface area (TPSA) is 67.2 Å². The molecule has 0 spiro atoms. The van der Waals surface area contributed by atoms with Crippen molar-refractivity contribution in [1.82, 2.24) is 14.9 Å². The van der Waals surface area contributed by atoms with E-state index >= 15 is 0 Å². The molecule has 3 aromatic rings. The number of fused-ring (bicyclic) bond motifs is 1. The Hall–Kier alpha value is -2.66. The number of nitrogens with zero attached hydrogens (tertiary/aromatic N) is 2. The van der Waals surface area contributed by atoms with Gasteiger partial charge in [0.1, 0.15) is 19.0 Å². The van der Waals surface area contributed by atoms with E-state index in [0.717, 1.165) is 17.5 Å². The maximum Gasteiger partial charge on any atom is 0.240 e. The van der Waals surface area contributed by atoms with Crippen LogP contribution in [0.4, 0.5) is 0 Å². The van der Waals surface area contributed by atoms with Gasteiger partial charge in [-0.1, -0.05) is 36.4 Å². The molecule has 0 fully saturated rings. The first-order valence-electron chi connectivity index (χ1n) is 8.47.